The maximum Gasteiger partial charge on any atom is 0.181 e. The minimum absolute atomic E-state index is 0.566. The highest BCUT2D eigenvalue weighted by molar-refractivity contribution is 7.80. The summed E-state index contributed by atoms with van der Waals surface area (Å²) in [6.45, 7) is 2.03. The number of nitrogens with zero attached hydrogens (tertiary/aromatic N) is 1. The summed E-state index contributed by atoms with van der Waals surface area (Å²) < 4.78 is 0. The van der Waals surface area contributed by atoms with Gasteiger partial charge in [-0.1, -0.05) is 36.5 Å². The normalized spacial score (nSPS) is 8.92. The first-order valence-electron chi connectivity index (χ1n) is 3.96. The van der Waals surface area contributed by atoms with Gasteiger partial charge in [0.15, 0.2) is 6.19 Å². The molecule has 0 fully saturated rings. The summed E-state index contributed by atoms with van der Waals surface area (Å²) in [5, 5.41) is 10.8. The maximum atomic E-state index is 8.34. The lowest BCUT2D eigenvalue weighted by atomic mass is 10.1. The summed E-state index contributed by atoms with van der Waals surface area (Å²) in [5.74, 6) is 0. The van der Waals surface area contributed by atoms with Crippen molar-refractivity contribution in [2.45, 2.75) is 13.3 Å². The number of hydrogen-bond donors (Lipinski definition) is 1. The molecule has 13 heavy (non-hydrogen) atoms. The van der Waals surface area contributed by atoms with E-state index in [0.717, 1.165) is 5.56 Å². The molecule has 0 aromatic heterocycles. The number of hydrogen-bond acceptors (Lipinski definition) is 2. The molecule has 1 aromatic carbocycles. The monoisotopic (exact) mass is 190 g/mol. The fourth-order valence-corrected chi connectivity index (χ4v) is 1.29. The van der Waals surface area contributed by atoms with E-state index in [1.165, 1.54) is 5.56 Å². The standard InChI is InChI=1S/C10H10N2S/c1-8-4-2-3-5-9(8)6-10(13)12-7-11/h2-5H,6H2,1H3,(H,12,13). The third-order valence-corrected chi connectivity index (χ3v) is 2.05. The van der Waals surface area contributed by atoms with Crippen LogP contribution in [-0.2, 0) is 6.42 Å². The molecule has 0 saturated heterocycles. The van der Waals surface area contributed by atoms with Gasteiger partial charge < -0.3 is 0 Å². The van der Waals surface area contributed by atoms with Gasteiger partial charge in [-0.25, -0.2) is 0 Å². The third-order valence-electron chi connectivity index (χ3n) is 1.81. The number of nitrogens with one attached hydrogen (secondary N) is 1. The molecule has 1 rings (SSSR count). The topological polar surface area (TPSA) is 35.8 Å². The molecule has 0 heterocycles. The molecule has 2 nitrogen and oxygen atoms in total. The number of aryl methyl sites for hydroxylation is 1. The Hall–Kier alpha value is -1.40. The van der Waals surface area contributed by atoms with Gasteiger partial charge in [-0.05, 0) is 18.1 Å². The summed E-state index contributed by atoms with van der Waals surface area (Å²) in [5.41, 5.74) is 2.36. The van der Waals surface area contributed by atoms with Crippen LogP contribution in [0.2, 0.25) is 0 Å². The zero-order valence-corrected chi connectivity index (χ0v) is 8.19. The van der Waals surface area contributed by atoms with Crippen molar-refractivity contribution in [3.63, 3.8) is 0 Å². The highest BCUT2D eigenvalue weighted by Crippen LogP contribution is 2.07. The Kier molecular flexibility index (Phi) is 3.41. The van der Waals surface area contributed by atoms with Gasteiger partial charge in [0.1, 0.15) is 0 Å². The fourth-order valence-electron chi connectivity index (χ4n) is 1.09. The molecule has 3 heteroatoms. The molecule has 0 spiro atoms. The minimum Gasteiger partial charge on any atom is -0.286 e. The van der Waals surface area contributed by atoms with Crippen LogP contribution in [0.15, 0.2) is 24.3 Å². The Morgan fingerprint density at radius 2 is 2.23 bits per heavy atom. The molecule has 0 aliphatic heterocycles. The number of benzene rings is 1. The Morgan fingerprint density at radius 3 is 2.85 bits per heavy atom. The molecule has 0 aliphatic rings. The van der Waals surface area contributed by atoms with Gasteiger partial charge in [-0.15, -0.1) is 0 Å². The van der Waals surface area contributed by atoms with Gasteiger partial charge in [0.2, 0.25) is 0 Å². The van der Waals surface area contributed by atoms with Gasteiger partial charge in [0.05, 0.1) is 4.99 Å². The lowest BCUT2D eigenvalue weighted by Crippen LogP contribution is -2.17. The second kappa shape index (κ2) is 4.58. The first-order chi connectivity index (χ1) is 6.24. The van der Waals surface area contributed by atoms with Gasteiger partial charge in [0, 0.05) is 6.42 Å². The van der Waals surface area contributed by atoms with E-state index in [1.807, 2.05) is 37.4 Å². The average Bonchev–Trinajstić information content (AvgIpc) is 2.09. The molecule has 0 aliphatic carbocycles. The van der Waals surface area contributed by atoms with Crippen molar-refractivity contribution in [1.29, 1.82) is 5.26 Å². The van der Waals surface area contributed by atoms with Crippen LogP contribution < -0.4 is 5.32 Å². The van der Waals surface area contributed by atoms with Crippen LogP contribution in [0.5, 0.6) is 0 Å². The molecular formula is C10H10N2S. The van der Waals surface area contributed by atoms with Crippen molar-refractivity contribution >= 4 is 17.2 Å². The van der Waals surface area contributed by atoms with Crippen molar-refractivity contribution in [3.05, 3.63) is 35.4 Å². The lowest BCUT2D eigenvalue weighted by Gasteiger charge is -2.04. The summed E-state index contributed by atoms with van der Waals surface area (Å²) in [7, 11) is 0. The van der Waals surface area contributed by atoms with E-state index in [1.54, 1.807) is 0 Å². The van der Waals surface area contributed by atoms with E-state index < -0.39 is 0 Å². The number of nitriles is 1. The predicted molar refractivity (Wildman–Crippen MR) is 56.2 cm³/mol. The number of thiocarbonyl (C=S) groups is 1. The van der Waals surface area contributed by atoms with Crippen molar-refractivity contribution in [1.82, 2.24) is 5.32 Å². The van der Waals surface area contributed by atoms with Crippen LogP contribution in [-0.4, -0.2) is 4.99 Å². The number of rotatable bonds is 2. The van der Waals surface area contributed by atoms with Crippen molar-refractivity contribution in [3.8, 4) is 6.19 Å². The zero-order chi connectivity index (χ0) is 9.68. The van der Waals surface area contributed by atoms with Crippen LogP contribution in [0.25, 0.3) is 0 Å². The minimum atomic E-state index is 0.566. The van der Waals surface area contributed by atoms with Crippen LogP contribution in [0.1, 0.15) is 11.1 Å². The van der Waals surface area contributed by atoms with Crippen LogP contribution in [0.3, 0.4) is 0 Å². The van der Waals surface area contributed by atoms with Gasteiger partial charge in [0.25, 0.3) is 0 Å². The van der Waals surface area contributed by atoms with Gasteiger partial charge in [-0.2, -0.15) is 5.26 Å². The average molecular weight is 190 g/mol. The molecule has 0 bridgehead atoms. The maximum absolute atomic E-state index is 8.34. The van der Waals surface area contributed by atoms with E-state index in [-0.39, 0.29) is 0 Å². The first-order valence-corrected chi connectivity index (χ1v) is 4.37. The van der Waals surface area contributed by atoms with Gasteiger partial charge >= 0.3 is 0 Å². The Balaban J connectivity index is 2.70. The molecule has 1 N–H and O–H groups in total. The molecule has 0 radical (unpaired) electrons. The van der Waals surface area contributed by atoms with Crippen LogP contribution in [0.4, 0.5) is 0 Å². The summed E-state index contributed by atoms with van der Waals surface area (Å²) in [6.07, 6.45) is 2.45. The van der Waals surface area contributed by atoms with E-state index in [9.17, 15) is 0 Å². The first kappa shape index (κ1) is 9.69. The Morgan fingerprint density at radius 1 is 1.54 bits per heavy atom. The molecule has 0 saturated carbocycles. The smallest absolute Gasteiger partial charge is 0.181 e. The molecule has 1 aromatic rings. The summed E-state index contributed by atoms with van der Waals surface area (Å²) >= 11 is 4.96. The zero-order valence-electron chi connectivity index (χ0n) is 7.37. The predicted octanol–water partition coefficient (Wildman–Crippen LogP) is 1.94. The lowest BCUT2D eigenvalue weighted by molar-refractivity contribution is 1.19. The highest BCUT2D eigenvalue weighted by atomic mass is 32.1. The largest absolute Gasteiger partial charge is 0.286 e. The third kappa shape index (κ3) is 2.85. The van der Waals surface area contributed by atoms with Gasteiger partial charge in [-0.3, -0.25) is 5.32 Å². The highest BCUT2D eigenvalue weighted by Gasteiger charge is 2.00. The molecule has 0 atom stereocenters. The molecular weight excluding hydrogens is 180 g/mol. The van der Waals surface area contributed by atoms with E-state index in [0.29, 0.717) is 11.4 Å². The van der Waals surface area contributed by atoms with E-state index >= 15 is 0 Å². The SMILES string of the molecule is Cc1ccccc1CC(=S)NC#N. The van der Waals surface area contributed by atoms with E-state index in [4.69, 9.17) is 17.5 Å². The Labute approximate surface area is 83.2 Å². The molecule has 66 valence electrons. The van der Waals surface area contributed by atoms with Crippen molar-refractivity contribution in [2.24, 2.45) is 0 Å². The summed E-state index contributed by atoms with van der Waals surface area (Å²) in [6, 6.07) is 8.00. The van der Waals surface area contributed by atoms with Crippen LogP contribution in [0, 0.1) is 18.4 Å². The second-order valence-electron chi connectivity index (χ2n) is 2.76. The van der Waals surface area contributed by atoms with Crippen molar-refractivity contribution in [2.75, 3.05) is 0 Å². The Bertz CT molecular complexity index is 352. The molecule has 0 unspecified atom stereocenters. The second-order valence-corrected chi connectivity index (χ2v) is 3.26. The van der Waals surface area contributed by atoms with Crippen molar-refractivity contribution < 1.29 is 0 Å². The fraction of sp³-hybridized carbons (Fsp3) is 0.200. The van der Waals surface area contributed by atoms with E-state index in [2.05, 4.69) is 5.32 Å². The van der Waals surface area contributed by atoms with Crippen LogP contribution >= 0.6 is 12.2 Å². The summed E-state index contributed by atoms with van der Waals surface area (Å²) in [4.78, 5) is 0.566. The quantitative estimate of drug-likeness (QED) is 0.440. The molecule has 0 amide bonds.